The second-order valence-electron chi connectivity index (χ2n) is 6.29. The predicted octanol–water partition coefficient (Wildman–Crippen LogP) is 5.29. The third kappa shape index (κ3) is 6.74. The van der Waals surface area contributed by atoms with Gasteiger partial charge in [-0.2, -0.15) is 0 Å². The van der Waals surface area contributed by atoms with Crippen molar-refractivity contribution in [3.8, 4) is 11.5 Å². The first-order valence-corrected chi connectivity index (χ1v) is 11.6. The predicted molar refractivity (Wildman–Crippen MR) is 121 cm³/mol. The van der Waals surface area contributed by atoms with Crippen LogP contribution in [0.25, 0.3) is 0 Å². The summed E-state index contributed by atoms with van der Waals surface area (Å²) in [4.78, 5) is 23.6. The molecule has 2 aromatic carbocycles. The van der Waals surface area contributed by atoms with Crippen LogP contribution >= 0.6 is 31.9 Å². The lowest BCUT2D eigenvalue weighted by molar-refractivity contribution is 0.0590. The summed E-state index contributed by atoms with van der Waals surface area (Å²) >= 11 is 6.75. The van der Waals surface area contributed by atoms with E-state index in [4.69, 9.17) is 18.9 Å². The quantitative estimate of drug-likeness (QED) is 0.218. The number of hydrogen-bond acceptors (Lipinski definition) is 6. The van der Waals surface area contributed by atoms with Gasteiger partial charge in [-0.25, -0.2) is 9.59 Å². The zero-order valence-corrected chi connectivity index (χ0v) is 20.1. The molecule has 6 nitrogen and oxygen atoms in total. The highest BCUT2D eigenvalue weighted by atomic mass is 79.9. The van der Waals surface area contributed by atoms with Crippen LogP contribution in [0.2, 0.25) is 0 Å². The lowest BCUT2D eigenvalue weighted by Crippen LogP contribution is -2.07. The molecule has 0 amide bonds. The van der Waals surface area contributed by atoms with Crippen molar-refractivity contribution in [2.75, 3.05) is 27.4 Å². The minimum Gasteiger partial charge on any atom is -0.494 e. The Morgan fingerprint density at radius 2 is 1.27 bits per heavy atom. The van der Waals surface area contributed by atoms with E-state index in [9.17, 15) is 9.59 Å². The molecular formula is C22H24Br2O6. The van der Waals surface area contributed by atoms with Crippen molar-refractivity contribution in [3.05, 3.63) is 58.7 Å². The van der Waals surface area contributed by atoms with Crippen molar-refractivity contribution in [2.45, 2.75) is 23.5 Å². The zero-order valence-electron chi connectivity index (χ0n) is 16.9. The lowest BCUT2D eigenvalue weighted by Gasteiger charge is -2.11. The number of rotatable bonds is 11. The van der Waals surface area contributed by atoms with E-state index in [0.717, 1.165) is 24.0 Å². The number of carbonyl (C=O) groups is 2. The van der Waals surface area contributed by atoms with Crippen molar-refractivity contribution in [1.82, 2.24) is 0 Å². The third-order valence-corrected chi connectivity index (χ3v) is 5.54. The fraction of sp³-hybridized carbons (Fsp3) is 0.364. The maximum Gasteiger partial charge on any atom is 0.338 e. The van der Waals surface area contributed by atoms with E-state index in [1.54, 1.807) is 18.2 Å². The van der Waals surface area contributed by atoms with Gasteiger partial charge in [0.2, 0.25) is 0 Å². The number of halogens is 2. The van der Waals surface area contributed by atoms with Crippen LogP contribution in [0.5, 0.6) is 11.5 Å². The van der Waals surface area contributed by atoms with Gasteiger partial charge in [0.05, 0.1) is 38.6 Å². The summed E-state index contributed by atoms with van der Waals surface area (Å²) in [5.41, 5.74) is 2.68. The van der Waals surface area contributed by atoms with Gasteiger partial charge in [-0.1, -0.05) is 37.9 Å². The van der Waals surface area contributed by atoms with Crippen molar-refractivity contribution < 1.29 is 28.5 Å². The van der Waals surface area contributed by atoms with Crippen LogP contribution in [0.1, 0.15) is 44.7 Å². The van der Waals surface area contributed by atoms with Gasteiger partial charge in [0.1, 0.15) is 11.5 Å². The fourth-order valence-corrected chi connectivity index (χ4v) is 3.68. The van der Waals surface area contributed by atoms with E-state index in [1.807, 2.05) is 18.2 Å². The lowest BCUT2D eigenvalue weighted by atomic mass is 10.1. The molecule has 0 N–H and O–H groups in total. The Hall–Kier alpha value is -2.06. The van der Waals surface area contributed by atoms with Crippen LogP contribution < -0.4 is 9.47 Å². The van der Waals surface area contributed by atoms with Gasteiger partial charge < -0.3 is 18.9 Å². The zero-order chi connectivity index (χ0) is 21.9. The number of methoxy groups -OCH3 is 2. The second-order valence-corrected chi connectivity index (χ2v) is 7.41. The minimum absolute atomic E-state index is 0.368. The van der Waals surface area contributed by atoms with E-state index < -0.39 is 0 Å². The van der Waals surface area contributed by atoms with Gasteiger partial charge in [-0.3, -0.25) is 0 Å². The normalized spacial score (nSPS) is 10.4. The molecule has 0 aliphatic carbocycles. The number of benzene rings is 2. The molecule has 0 atom stereocenters. The van der Waals surface area contributed by atoms with Gasteiger partial charge in [-0.05, 0) is 54.3 Å². The van der Waals surface area contributed by atoms with E-state index in [2.05, 4.69) is 31.9 Å². The Kier molecular flexibility index (Phi) is 10.2. The van der Waals surface area contributed by atoms with Gasteiger partial charge in [0.25, 0.3) is 0 Å². The van der Waals surface area contributed by atoms with Crippen LogP contribution in [0, 0.1) is 0 Å². The maximum absolute atomic E-state index is 11.9. The molecule has 0 bridgehead atoms. The standard InChI is InChI=1S/C22H24Br2O6/c1-27-21(25)19-8-7-17(11-16(19)14-24)29-9-3-4-10-30-18-6-5-15(13-23)20(12-18)22(26)28-2/h5-8,11-12H,3-4,9-10,13-14H2,1-2H3. The van der Waals surface area contributed by atoms with Crippen molar-refractivity contribution >= 4 is 43.8 Å². The minimum atomic E-state index is -0.385. The Balaban J connectivity index is 1.80. The molecule has 8 heteroatoms. The average Bonchev–Trinajstić information content (AvgIpc) is 2.79. The van der Waals surface area contributed by atoms with Crippen LogP contribution in [0.3, 0.4) is 0 Å². The highest BCUT2D eigenvalue weighted by molar-refractivity contribution is 9.08. The molecular weight excluding hydrogens is 520 g/mol. The molecule has 30 heavy (non-hydrogen) atoms. The molecule has 0 aliphatic rings. The van der Waals surface area contributed by atoms with Crippen molar-refractivity contribution in [1.29, 1.82) is 0 Å². The highest BCUT2D eigenvalue weighted by Gasteiger charge is 2.13. The molecule has 0 saturated heterocycles. The van der Waals surface area contributed by atoms with Crippen LogP contribution in [0.4, 0.5) is 0 Å². The molecule has 0 fully saturated rings. The Bertz CT molecular complexity index is 869. The van der Waals surface area contributed by atoms with Gasteiger partial charge in [0, 0.05) is 10.7 Å². The largest absolute Gasteiger partial charge is 0.494 e. The summed E-state index contributed by atoms with van der Waals surface area (Å²) in [6.45, 7) is 1.03. The number of unbranched alkanes of at least 4 members (excludes halogenated alkanes) is 1. The molecule has 0 unspecified atom stereocenters. The topological polar surface area (TPSA) is 71.1 Å². The Morgan fingerprint density at radius 3 is 1.83 bits per heavy atom. The van der Waals surface area contributed by atoms with Gasteiger partial charge in [0.15, 0.2) is 0 Å². The second kappa shape index (κ2) is 12.6. The average molecular weight is 544 g/mol. The van der Waals surface area contributed by atoms with E-state index in [1.165, 1.54) is 14.2 Å². The maximum atomic E-state index is 11.9. The fourth-order valence-electron chi connectivity index (χ4n) is 2.73. The molecule has 162 valence electrons. The number of esters is 2. The monoisotopic (exact) mass is 542 g/mol. The first kappa shape index (κ1) is 24.2. The molecule has 0 saturated carbocycles. The van der Waals surface area contributed by atoms with Crippen LogP contribution in [-0.2, 0) is 20.1 Å². The van der Waals surface area contributed by atoms with Crippen LogP contribution in [-0.4, -0.2) is 39.4 Å². The SMILES string of the molecule is COC(=O)c1ccc(OCCCCOc2ccc(CBr)c(C(=O)OC)c2)cc1CBr. The molecule has 0 aliphatic heterocycles. The van der Waals surface area contributed by atoms with E-state index in [-0.39, 0.29) is 11.9 Å². The molecule has 2 rings (SSSR count). The van der Waals surface area contributed by atoms with E-state index in [0.29, 0.717) is 46.5 Å². The smallest absolute Gasteiger partial charge is 0.338 e. The molecule has 2 aromatic rings. The highest BCUT2D eigenvalue weighted by Crippen LogP contribution is 2.22. The van der Waals surface area contributed by atoms with E-state index >= 15 is 0 Å². The van der Waals surface area contributed by atoms with Gasteiger partial charge >= 0.3 is 11.9 Å². The summed E-state index contributed by atoms with van der Waals surface area (Å²) < 4.78 is 21.1. The van der Waals surface area contributed by atoms with Crippen molar-refractivity contribution in [2.24, 2.45) is 0 Å². The number of alkyl halides is 2. The van der Waals surface area contributed by atoms with Crippen molar-refractivity contribution in [3.63, 3.8) is 0 Å². The summed E-state index contributed by atoms with van der Waals surface area (Å²) in [5, 5.41) is 1.09. The number of carbonyl (C=O) groups excluding carboxylic acids is 2. The Labute approximate surface area is 193 Å². The molecule has 0 radical (unpaired) electrons. The number of ether oxygens (including phenoxy) is 4. The molecule has 0 spiro atoms. The molecule has 0 heterocycles. The van der Waals surface area contributed by atoms with Gasteiger partial charge in [-0.15, -0.1) is 0 Å². The summed E-state index contributed by atoms with van der Waals surface area (Å²) in [7, 11) is 2.72. The Morgan fingerprint density at radius 1 is 0.733 bits per heavy atom. The summed E-state index contributed by atoms with van der Waals surface area (Å²) in [6, 6.07) is 10.7. The molecule has 0 aromatic heterocycles. The number of hydrogen-bond donors (Lipinski definition) is 0. The first-order chi connectivity index (χ1) is 14.5. The summed E-state index contributed by atoms with van der Waals surface area (Å²) in [5.74, 6) is 0.574. The third-order valence-electron chi connectivity index (χ3n) is 4.33. The summed E-state index contributed by atoms with van der Waals surface area (Å²) in [6.07, 6.45) is 1.59. The first-order valence-electron chi connectivity index (χ1n) is 9.34. The van der Waals surface area contributed by atoms with Crippen LogP contribution in [0.15, 0.2) is 36.4 Å².